The van der Waals surface area contributed by atoms with E-state index in [0.29, 0.717) is 5.52 Å². The number of hydrogen-bond donors (Lipinski definition) is 2. The average molecular weight is 268 g/mol. The summed E-state index contributed by atoms with van der Waals surface area (Å²) < 4.78 is 13.1. The van der Waals surface area contributed by atoms with Gasteiger partial charge in [0.15, 0.2) is 0 Å². The van der Waals surface area contributed by atoms with Crippen molar-refractivity contribution in [3.63, 3.8) is 0 Å². The molecule has 0 fully saturated rings. The molecule has 20 heavy (non-hydrogen) atoms. The molecule has 2 aromatic carbocycles. The van der Waals surface area contributed by atoms with Gasteiger partial charge in [0.05, 0.1) is 0 Å². The highest BCUT2D eigenvalue weighted by Gasteiger charge is 2.07. The lowest BCUT2D eigenvalue weighted by atomic mass is 10.1. The van der Waals surface area contributed by atoms with E-state index < -0.39 is 0 Å². The maximum absolute atomic E-state index is 13.1. The maximum atomic E-state index is 13.1. The molecule has 0 amide bonds. The van der Waals surface area contributed by atoms with Crippen LogP contribution in [0.25, 0.3) is 10.9 Å². The largest absolute Gasteiger partial charge is 0.506 e. The van der Waals surface area contributed by atoms with Crippen LogP contribution in [0.1, 0.15) is 5.56 Å². The number of nitrogens with zero attached hydrogens (tertiary/aromatic N) is 1. The number of hydrogen-bond acceptors (Lipinski definition) is 3. The van der Waals surface area contributed by atoms with Gasteiger partial charge in [-0.3, -0.25) is 4.98 Å². The first-order valence-electron chi connectivity index (χ1n) is 6.25. The Morgan fingerprint density at radius 2 is 1.95 bits per heavy atom. The van der Waals surface area contributed by atoms with Gasteiger partial charge in [0.1, 0.15) is 17.1 Å². The Labute approximate surface area is 115 Å². The second-order valence-electron chi connectivity index (χ2n) is 4.62. The lowest BCUT2D eigenvalue weighted by Crippen LogP contribution is -1.95. The summed E-state index contributed by atoms with van der Waals surface area (Å²) in [5.74, 6) is -0.118. The van der Waals surface area contributed by atoms with Gasteiger partial charge in [0.25, 0.3) is 0 Å². The summed E-state index contributed by atoms with van der Waals surface area (Å²) in [6.45, 7) is 1.84. The first kappa shape index (κ1) is 12.4. The van der Waals surface area contributed by atoms with E-state index in [0.717, 1.165) is 22.3 Å². The summed E-state index contributed by atoms with van der Waals surface area (Å²) in [7, 11) is 0. The molecule has 0 saturated carbocycles. The molecule has 0 aliphatic rings. The lowest BCUT2D eigenvalue weighted by molar-refractivity contribution is 0.480. The second kappa shape index (κ2) is 4.81. The number of aryl methyl sites for hydroxylation is 1. The number of aromatic hydroxyl groups is 1. The van der Waals surface area contributed by atoms with Crippen molar-refractivity contribution in [2.45, 2.75) is 6.92 Å². The van der Waals surface area contributed by atoms with Crippen LogP contribution in [0.2, 0.25) is 0 Å². The number of halogens is 1. The summed E-state index contributed by atoms with van der Waals surface area (Å²) in [6, 6.07) is 11.7. The molecule has 0 aliphatic carbocycles. The summed E-state index contributed by atoms with van der Waals surface area (Å²) in [5, 5.41) is 13.9. The molecule has 3 nitrogen and oxygen atoms in total. The number of aromatic nitrogens is 1. The van der Waals surface area contributed by atoms with Gasteiger partial charge in [-0.05, 0) is 42.8 Å². The predicted molar refractivity (Wildman–Crippen MR) is 77.8 cm³/mol. The van der Waals surface area contributed by atoms with E-state index in [4.69, 9.17) is 0 Å². The van der Waals surface area contributed by atoms with Crippen LogP contribution in [-0.2, 0) is 0 Å². The Balaban J connectivity index is 2.09. The van der Waals surface area contributed by atoms with Crippen LogP contribution in [0.4, 0.5) is 15.8 Å². The Bertz CT molecular complexity index is 787. The lowest BCUT2D eigenvalue weighted by Gasteiger charge is -2.12. The van der Waals surface area contributed by atoms with Crippen molar-refractivity contribution in [3.8, 4) is 5.75 Å². The van der Waals surface area contributed by atoms with Crippen LogP contribution < -0.4 is 5.32 Å². The van der Waals surface area contributed by atoms with E-state index in [9.17, 15) is 9.50 Å². The molecule has 0 saturated heterocycles. The first-order valence-corrected chi connectivity index (χ1v) is 6.25. The van der Waals surface area contributed by atoms with E-state index in [2.05, 4.69) is 10.3 Å². The van der Waals surface area contributed by atoms with Crippen LogP contribution >= 0.6 is 0 Å². The number of anilines is 2. The van der Waals surface area contributed by atoms with Gasteiger partial charge in [0.2, 0.25) is 0 Å². The number of phenolic OH excluding ortho intramolecular Hbond substituents is 1. The molecule has 0 atom stereocenters. The number of fused-ring (bicyclic) bond motifs is 1. The van der Waals surface area contributed by atoms with E-state index in [-0.39, 0.29) is 11.6 Å². The van der Waals surface area contributed by atoms with E-state index in [1.165, 1.54) is 12.1 Å². The van der Waals surface area contributed by atoms with Gasteiger partial charge in [0, 0.05) is 23.0 Å². The Kier molecular flexibility index (Phi) is 2.99. The van der Waals surface area contributed by atoms with Crippen molar-refractivity contribution in [2.24, 2.45) is 0 Å². The third-order valence-electron chi connectivity index (χ3n) is 3.21. The van der Waals surface area contributed by atoms with Crippen molar-refractivity contribution < 1.29 is 9.50 Å². The fourth-order valence-corrected chi connectivity index (χ4v) is 2.18. The minimum Gasteiger partial charge on any atom is -0.506 e. The second-order valence-corrected chi connectivity index (χ2v) is 4.62. The molecule has 2 N–H and O–H groups in total. The zero-order valence-electron chi connectivity index (χ0n) is 10.9. The molecule has 1 aromatic heterocycles. The number of rotatable bonds is 2. The van der Waals surface area contributed by atoms with Crippen LogP contribution in [-0.4, -0.2) is 10.1 Å². The third kappa shape index (κ3) is 2.16. The third-order valence-corrected chi connectivity index (χ3v) is 3.21. The van der Waals surface area contributed by atoms with Crippen molar-refractivity contribution in [3.05, 3.63) is 60.0 Å². The normalized spacial score (nSPS) is 10.7. The SMILES string of the molecule is Cc1cc(F)ccc1Nc1ccnc2c(O)cccc12. The van der Waals surface area contributed by atoms with E-state index >= 15 is 0 Å². The van der Waals surface area contributed by atoms with Crippen LogP contribution in [0, 0.1) is 12.7 Å². The quantitative estimate of drug-likeness (QED) is 0.734. The number of pyridine rings is 1. The predicted octanol–water partition coefficient (Wildman–Crippen LogP) is 4.13. The van der Waals surface area contributed by atoms with Crippen LogP contribution in [0.5, 0.6) is 5.75 Å². The molecule has 0 spiro atoms. The number of para-hydroxylation sites is 1. The van der Waals surface area contributed by atoms with Crippen molar-refractivity contribution in [2.75, 3.05) is 5.32 Å². The van der Waals surface area contributed by atoms with Crippen LogP contribution in [0.3, 0.4) is 0 Å². The van der Waals surface area contributed by atoms with Gasteiger partial charge < -0.3 is 10.4 Å². The molecule has 0 aliphatic heterocycles. The maximum Gasteiger partial charge on any atom is 0.141 e. The van der Waals surface area contributed by atoms with Crippen molar-refractivity contribution in [1.82, 2.24) is 4.98 Å². The first-order chi connectivity index (χ1) is 9.65. The van der Waals surface area contributed by atoms with Gasteiger partial charge in [-0.1, -0.05) is 12.1 Å². The standard InChI is InChI=1S/C16H13FN2O/c1-10-9-11(17)5-6-13(10)19-14-7-8-18-16-12(14)3-2-4-15(16)20/h2-9,20H,1H3,(H,18,19). The zero-order chi connectivity index (χ0) is 14.1. The molecule has 100 valence electrons. The molecule has 3 aromatic rings. The van der Waals surface area contributed by atoms with Crippen LogP contribution in [0.15, 0.2) is 48.7 Å². The fraction of sp³-hybridized carbons (Fsp3) is 0.0625. The van der Waals surface area contributed by atoms with Gasteiger partial charge >= 0.3 is 0 Å². The Morgan fingerprint density at radius 1 is 1.10 bits per heavy atom. The molecule has 0 bridgehead atoms. The topological polar surface area (TPSA) is 45.2 Å². The molecule has 4 heteroatoms. The zero-order valence-corrected chi connectivity index (χ0v) is 10.9. The summed E-state index contributed by atoms with van der Waals surface area (Å²) in [4.78, 5) is 4.17. The summed E-state index contributed by atoms with van der Waals surface area (Å²) in [6.07, 6.45) is 1.63. The summed E-state index contributed by atoms with van der Waals surface area (Å²) >= 11 is 0. The molecule has 1 heterocycles. The van der Waals surface area contributed by atoms with E-state index in [1.807, 2.05) is 19.1 Å². The molecule has 0 radical (unpaired) electrons. The summed E-state index contributed by atoms with van der Waals surface area (Å²) in [5.41, 5.74) is 3.00. The minimum atomic E-state index is -0.259. The number of benzene rings is 2. The number of nitrogens with one attached hydrogen (secondary N) is 1. The molecule has 0 unspecified atom stereocenters. The highest BCUT2D eigenvalue weighted by Crippen LogP contribution is 2.30. The smallest absolute Gasteiger partial charge is 0.141 e. The van der Waals surface area contributed by atoms with Gasteiger partial charge in [-0.15, -0.1) is 0 Å². The van der Waals surface area contributed by atoms with Crippen molar-refractivity contribution >= 4 is 22.3 Å². The molecular weight excluding hydrogens is 255 g/mol. The fourth-order valence-electron chi connectivity index (χ4n) is 2.18. The highest BCUT2D eigenvalue weighted by atomic mass is 19.1. The average Bonchev–Trinajstić information content (AvgIpc) is 2.43. The number of phenols is 1. The monoisotopic (exact) mass is 268 g/mol. The van der Waals surface area contributed by atoms with Gasteiger partial charge in [-0.2, -0.15) is 0 Å². The Hall–Kier alpha value is -2.62. The van der Waals surface area contributed by atoms with Crippen molar-refractivity contribution in [1.29, 1.82) is 0 Å². The molecule has 3 rings (SSSR count). The van der Waals surface area contributed by atoms with E-state index in [1.54, 1.807) is 24.4 Å². The highest BCUT2D eigenvalue weighted by molar-refractivity contribution is 5.96. The Morgan fingerprint density at radius 3 is 2.75 bits per heavy atom. The molecular formula is C16H13FN2O. The van der Waals surface area contributed by atoms with Gasteiger partial charge in [-0.25, -0.2) is 4.39 Å². The minimum absolute atomic E-state index is 0.141.